The third-order valence-electron chi connectivity index (χ3n) is 3.01. The van der Waals surface area contributed by atoms with Crippen molar-refractivity contribution in [1.29, 1.82) is 0 Å². The van der Waals surface area contributed by atoms with Crippen molar-refractivity contribution in [3.63, 3.8) is 0 Å². The lowest BCUT2D eigenvalue weighted by Crippen LogP contribution is -2.40. The average Bonchev–Trinajstić information content (AvgIpc) is 2.63. The van der Waals surface area contributed by atoms with Gasteiger partial charge in [-0.1, -0.05) is 23.2 Å². The van der Waals surface area contributed by atoms with Gasteiger partial charge in [-0.05, 0) is 12.1 Å². The molecule has 0 aromatic heterocycles. The number of nitrogens with two attached hydrogens (primary N) is 1. The number of amides is 3. The van der Waals surface area contributed by atoms with Crippen LogP contribution in [0.5, 0.6) is 0 Å². The van der Waals surface area contributed by atoms with Crippen molar-refractivity contribution >= 4 is 46.6 Å². The molecule has 6 nitrogen and oxygen atoms in total. The zero-order chi connectivity index (χ0) is 15.0. The van der Waals surface area contributed by atoms with E-state index in [4.69, 9.17) is 28.9 Å². The first-order valence-corrected chi connectivity index (χ1v) is 6.42. The van der Waals surface area contributed by atoms with Crippen LogP contribution in [0.1, 0.15) is 16.8 Å². The topological polar surface area (TPSA) is 92.5 Å². The monoisotopic (exact) mass is 315 g/mol. The molecule has 1 aliphatic heterocycles. The van der Waals surface area contributed by atoms with E-state index in [0.717, 1.165) is 4.90 Å². The maximum absolute atomic E-state index is 12.0. The number of rotatable bonds is 2. The SMILES string of the molecule is CN1C(=O)CC(NC(=O)c2cc(N)c(Cl)c(Cl)c2)C1=O. The van der Waals surface area contributed by atoms with Crippen molar-refractivity contribution in [2.45, 2.75) is 12.5 Å². The second kappa shape index (κ2) is 5.30. The molecule has 0 bridgehead atoms. The van der Waals surface area contributed by atoms with Crippen molar-refractivity contribution in [1.82, 2.24) is 10.2 Å². The Kier molecular flexibility index (Phi) is 3.87. The van der Waals surface area contributed by atoms with Gasteiger partial charge in [0.1, 0.15) is 6.04 Å². The number of halogens is 2. The molecule has 106 valence electrons. The lowest BCUT2D eigenvalue weighted by atomic mass is 10.1. The maximum Gasteiger partial charge on any atom is 0.252 e. The third-order valence-corrected chi connectivity index (χ3v) is 3.82. The van der Waals surface area contributed by atoms with Crippen molar-refractivity contribution < 1.29 is 14.4 Å². The van der Waals surface area contributed by atoms with Gasteiger partial charge < -0.3 is 11.1 Å². The Morgan fingerprint density at radius 1 is 1.40 bits per heavy atom. The number of nitrogens with zero attached hydrogens (tertiary/aromatic N) is 1. The van der Waals surface area contributed by atoms with Crippen LogP contribution < -0.4 is 11.1 Å². The van der Waals surface area contributed by atoms with Crippen molar-refractivity contribution in [3.8, 4) is 0 Å². The van der Waals surface area contributed by atoms with Gasteiger partial charge in [-0.2, -0.15) is 0 Å². The van der Waals surface area contributed by atoms with Gasteiger partial charge in [0.05, 0.1) is 22.2 Å². The second-order valence-corrected chi connectivity index (χ2v) is 5.17. The predicted molar refractivity (Wildman–Crippen MR) is 74.5 cm³/mol. The van der Waals surface area contributed by atoms with Crippen LogP contribution in [-0.4, -0.2) is 35.7 Å². The number of nitrogen functional groups attached to an aromatic ring is 1. The minimum atomic E-state index is -0.865. The summed E-state index contributed by atoms with van der Waals surface area (Å²) in [5, 5.41) is 2.77. The Morgan fingerprint density at radius 3 is 2.55 bits per heavy atom. The van der Waals surface area contributed by atoms with Crippen molar-refractivity contribution in [2.24, 2.45) is 0 Å². The number of nitrogens with one attached hydrogen (secondary N) is 1. The summed E-state index contributed by atoms with van der Waals surface area (Å²) in [5.41, 5.74) is 5.95. The molecule has 1 unspecified atom stereocenters. The molecule has 3 N–H and O–H groups in total. The van der Waals surface area contributed by atoms with Gasteiger partial charge in [-0.3, -0.25) is 19.3 Å². The fourth-order valence-electron chi connectivity index (χ4n) is 1.85. The van der Waals surface area contributed by atoms with E-state index in [1.54, 1.807) is 0 Å². The Hall–Kier alpha value is -1.79. The largest absolute Gasteiger partial charge is 0.397 e. The van der Waals surface area contributed by atoms with Crippen LogP contribution >= 0.6 is 23.2 Å². The zero-order valence-corrected chi connectivity index (χ0v) is 12.0. The highest BCUT2D eigenvalue weighted by molar-refractivity contribution is 6.43. The molecule has 0 saturated carbocycles. The molecule has 8 heteroatoms. The molecular weight excluding hydrogens is 305 g/mol. The van der Waals surface area contributed by atoms with Crippen molar-refractivity contribution in [3.05, 3.63) is 27.7 Å². The molecule has 1 heterocycles. The summed E-state index contributed by atoms with van der Waals surface area (Å²) in [4.78, 5) is 36.1. The Balaban J connectivity index is 2.17. The molecular formula is C12H11Cl2N3O3. The molecule has 1 fully saturated rings. The van der Waals surface area contributed by atoms with Gasteiger partial charge in [0.15, 0.2) is 0 Å². The average molecular weight is 316 g/mol. The first-order chi connectivity index (χ1) is 9.31. The van der Waals surface area contributed by atoms with E-state index in [9.17, 15) is 14.4 Å². The fourth-order valence-corrected chi connectivity index (χ4v) is 2.19. The minimum absolute atomic E-state index is 0.0577. The Bertz CT molecular complexity index is 595. The normalized spacial score (nSPS) is 18.6. The molecule has 1 aliphatic rings. The molecule has 2 rings (SSSR count). The van der Waals surface area contributed by atoms with Crippen LogP contribution in [0.2, 0.25) is 10.0 Å². The van der Waals surface area contributed by atoms with Crippen LogP contribution in [-0.2, 0) is 9.59 Å². The Morgan fingerprint density at radius 2 is 2.05 bits per heavy atom. The molecule has 0 aliphatic carbocycles. The van der Waals surface area contributed by atoms with E-state index < -0.39 is 17.9 Å². The van der Waals surface area contributed by atoms with Crippen LogP contribution in [0.4, 0.5) is 5.69 Å². The summed E-state index contributed by atoms with van der Waals surface area (Å²) in [5.74, 6) is -1.33. The minimum Gasteiger partial charge on any atom is -0.397 e. The van der Waals surface area contributed by atoms with Crippen LogP contribution in [0.15, 0.2) is 12.1 Å². The van der Waals surface area contributed by atoms with E-state index in [1.165, 1.54) is 19.2 Å². The smallest absolute Gasteiger partial charge is 0.252 e. The highest BCUT2D eigenvalue weighted by atomic mass is 35.5. The lowest BCUT2D eigenvalue weighted by molar-refractivity contribution is -0.137. The third kappa shape index (κ3) is 2.57. The molecule has 1 atom stereocenters. The number of benzene rings is 1. The number of anilines is 1. The van der Waals surface area contributed by atoms with Gasteiger partial charge in [0.25, 0.3) is 11.8 Å². The molecule has 3 amide bonds. The summed E-state index contributed by atoms with van der Waals surface area (Å²) in [7, 11) is 1.37. The standard InChI is InChI=1S/C12H11Cl2N3O3/c1-17-9(18)4-8(12(17)20)16-11(19)5-2-6(13)10(14)7(15)3-5/h2-3,8H,4,15H2,1H3,(H,16,19). The number of likely N-dealkylation sites (tertiary alicyclic amines) is 1. The fraction of sp³-hybridized carbons (Fsp3) is 0.250. The van der Waals surface area contributed by atoms with Gasteiger partial charge in [0, 0.05) is 12.6 Å². The number of hydrogen-bond acceptors (Lipinski definition) is 4. The van der Waals surface area contributed by atoms with Gasteiger partial charge in [-0.25, -0.2) is 0 Å². The molecule has 20 heavy (non-hydrogen) atoms. The first kappa shape index (κ1) is 14.6. The highest BCUT2D eigenvalue weighted by Gasteiger charge is 2.37. The first-order valence-electron chi connectivity index (χ1n) is 5.67. The Labute approximate surface area is 124 Å². The number of imide groups is 1. The number of carbonyl (C=O) groups is 3. The number of hydrogen-bond donors (Lipinski definition) is 2. The van der Waals surface area contributed by atoms with Gasteiger partial charge in [0.2, 0.25) is 5.91 Å². The van der Waals surface area contributed by atoms with E-state index in [1.807, 2.05) is 0 Å². The van der Waals surface area contributed by atoms with E-state index in [2.05, 4.69) is 5.32 Å². The van der Waals surface area contributed by atoms with Crippen LogP contribution in [0.3, 0.4) is 0 Å². The summed E-state index contributed by atoms with van der Waals surface area (Å²) in [6.07, 6.45) is -0.0577. The van der Waals surface area contributed by atoms with Crippen molar-refractivity contribution in [2.75, 3.05) is 12.8 Å². The summed E-state index contributed by atoms with van der Waals surface area (Å²) in [6.45, 7) is 0. The quantitative estimate of drug-likeness (QED) is 0.630. The summed E-state index contributed by atoms with van der Waals surface area (Å²) < 4.78 is 0. The molecule has 1 saturated heterocycles. The maximum atomic E-state index is 12.0. The number of likely N-dealkylation sites (N-methyl/N-ethyl adjacent to an activating group) is 1. The molecule has 1 aromatic rings. The predicted octanol–water partition coefficient (Wildman–Crippen LogP) is 1.06. The second-order valence-electron chi connectivity index (χ2n) is 4.38. The van der Waals surface area contributed by atoms with Crippen LogP contribution in [0.25, 0.3) is 0 Å². The van der Waals surface area contributed by atoms with E-state index in [-0.39, 0.29) is 33.6 Å². The summed E-state index contributed by atoms with van der Waals surface area (Å²) >= 11 is 11.6. The molecule has 0 radical (unpaired) electrons. The summed E-state index contributed by atoms with van der Waals surface area (Å²) in [6, 6.07) is 1.84. The molecule has 1 aromatic carbocycles. The van der Waals surface area contributed by atoms with Gasteiger partial charge >= 0.3 is 0 Å². The molecule has 0 spiro atoms. The van der Waals surface area contributed by atoms with E-state index >= 15 is 0 Å². The highest BCUT2D eigenvalue weighted by Crippen LogP contribution is 2.29. The van der Waals surface area contributed by atoms with Gasteiger partial charge in [-0.15, -0.1) is 0 Å². The van der Waals surface area contributed by atoms with Crippen LogP contribution in [0, 0.1) is 0 Å². The lowest BCUT2D eigenvalue weighted by Gasteiger charge is -2.12. The van der Waals surface area contributed by atoms with E-state index in [0.29, 0.717) is 0 Å². The zero-order valence-electron chi connectivity index (χ0n) is 10.4. The number of carbonyl (C=O) groups excluding carboxylic acids is 3.